The molecule has 0 radical (unpaired) electrons. The van der Waals surface area contributed by atoms with Gasteiger partial charge in [0.2, 0.25) is 0 Å². The third-order valence-electron chi connectivity index (χ3n) is 2.72. The topological polar surface area (TPSA) is 46.5 Å². The van der Waals surface area contributed by atoms with Gasteiger partial charge >= 0.3 is 0 Å². The lowest BCUT2D eigenvalue weighted by Crippen LogP contribution is -2.04. The van der Waals surface area contributed by atoms with Gasteiger partial charge in [-0.3, -0.25) is 4.79 Å². The number of rotatable bonds is 4. The van der Waals surface area contributed by atoms with Crippen LogP contribution in [-0.4, -0.2) is 17.5 Å². The summed E-state index contributed by atoms with van der Waals surface area (Å²) >= 11 is 12.1. The van der Waals surface area contributed by atoms with Crippen molar-refractivity contribution in [2.45, 2.75) is 6.92 Å². The minimum atomic E-state index is -0.391. The molecule has 0 fully saturated rings. The smallest absolute Gasteiger partial charge is 0.198 e. The number of carbonyl (C=O) groups excluding carboxylic acids is 1. The Labute approximate surface area is 126 Å². The Morgan fingerprint density at radius 1 is 1.25 bits per heavy atom. The zero-order chi connectivity index (χ0) is 14.7. The molecule has 0 heterocycles. The molecule has 0 amide bonds. The van der Waals surface area contributed by atoms with Crippen LogP contribution in [0.25, 0.3) is 0 Å². The first-order chi connectivity index (χ1) is 9.56. The quantitative estimate of drug-likeness (QED) is 0.855. The summed E-state index contributed by atoms with van der Waals surface area (Å²) in [6, 6.07) is 9.97. The second-order valence-corrected chi connectivity index (χ2v) is 4.81. The molecule has 0 aliphatic heterocycles. The molecule has 0 aliphatic rings. The van der Waals surface area contributed by atoms with Gasteiger partial charge in [0.1, 0.15) is 10.8 Å². The number of benzene rings is 2. The van der Waals surface area contributed by atoms with Gasteiger partial charge in [0.15, 0.2) is 11.5 Å². The van der Waals surface area contributed by atoms with Crippen molar-refractivity contribution in [3.05, 3.63) is 57.6 Å². The van der Waals surface area contributed by atoms with E-state index in [9.17, 15) is 9.90 Å². The summed E-state index contributed by atoms with van der Waals surface area (Å²) in [5.74, 6) is -0.504. The summed E-state index contributed by atoms with van der Waals surface area (Å²) in [5, 5.41) is 10.2. The molecule has 0 saturated heterocycles. The van der Waals surface area contributed by atoms with Crippen LogP contribution in [0.4, 0.5) is 0 Å². The maximum Gasteiger partial charge on any atom is 0.198 e. The van der Waals surface area contributed by atoms with Crippen molar-refractivity contribution in [2.75, 3.05) is 6.61 Å². The Morgan fingerprint density at radius 3 is 2.50 bits per heavy atom. The van der Waals surface area contributed by atoms with E-state index < -0.39 is 5.78 Å². The van der Waals surface area contributed by atoms with Crippen LogP contribution in [0.3, 0.4) is 0 Å². The number of ketones is 1. The summed E-state index contributed by atoms with van der Waals surface area (Å²) in [6.07, 6.45) is 0. The number of carbonyl (C=O) groups is 1. The van der Waals surface area contributed by atoms with Crippen LogP contribution in [0.1, 0.15) is 22.8 Å². The van der Waals surface area contributed by atoms with E-state index in [4.69, 9.17) is 27.9 Å². The van der Waals surface area contributed by atoms with Crippen molar-refractivity contribution in [1.82, 2.24) is 0 Å². The van der Waals surface area contributed by atoms with E-state index in [0.717, 1.165) is 0 Å². The first-order valence-electron chi connectivity index (χ1n) is 5.99. The van der Waals surface area contributed by atoms with Crippen LogP contribution in [0, 0.1) is 0 Å². The van der Waals surface area contributed by atoms with Gasteiger partial charge in [-0.15, -0.1) is 0 Å². The van der Waals surface area contributed by atoms with E-state index in [-0.39, 0.29) is 27.1 Å². The number of phenols is 1. The SMILES string of the molecule is CCOc1cc(Cl)c(C(=O)c2ccccc2)c(O)c1Cl. The molecule has 2 rings (SSSR count). The zero-order valence-electron chi connectivity index (χ0n) is 10.7. The Morgan fingerprint density at radius 2 is 1.90 bits per heavy atom. The molecule has 104 valence electrons. The first kappa shape index (κ1) is 14.7. The van der Waals surface area contributed by atoms with Crippen molar-refractivity contribution in [3.63, 3.8) is 0 Å². The summed E-state index contributed by atoms with van der Waals surface area (Å²) in [7, 11) is 0. The van der Waals surface area contributed by atoms with Crippen molar-refractivity contribution >= 4 is 29.0 Å². The fraction of sp³-hybridized carbons (Fsp3) is 0.133. The van der Waals surface area contributed by atoms with E-state index in [2.05, 4.69) is 0 Å². The van der Waals surface area contributed by atoms with E-state index in [1.165, 1.54) is 6.07 Å². The van der Waals surface area contributed by atoms with Crippen LogP contribution in [-0.2, 0) is 0 Å². The van der Waals surface area contributed by atoms with Crippen LogP contribution >= 0.6 is 23.2 Å². The molecular weight excluding hydrogens is 299 g/mol. The summed E-state index contributed by atoms with van der Waals surface area (Å²) < 4.78 is 5.25. The number of phenolic OH excluding ortho intramolecular Hbond substituents is 1. The summed E-state index contributed by atoms with van der Waals surface area (Å²) in [6.45, 7) is 2.16. The molecule has 0 unspecified atom stereocenters. The Hall–Kier alpha value is -1.71. The lowest BCUT2D eigenvalue weighted by Gasteiger charge is -2.12. The van der Waals surface area contributed by atoms with Crippen LogP contribution in [0.5, 0.6) is 11.5 Å². The average Bonchev–Trinajstić information content (AvgIpc) is 2.45. The van der Waals surface area contributed by atoms with Gasteiger partial charge in [0, 0.05) is 11.6 Å². The maximum atomic E-state index is 12.4. The molecular formula is C15H12Cl2O3. The number of hydrogen-bond donors (Lipinski definition) is 1. The molecule has 0 spiro atoms. The van der Waals surface area contributed by atoms with Gasteiger partial charge in [0.25, 0.3) is 0 Å². The lowest BCUT2D eigenvalue weighted by atomic mass is 10.0. The highest BCUT2D eigenvalue weighted by Gasteiger charge is 2.22. The molecule has 2 aromatic carbocycles. The fourth-order valence-electron chi connectivity index (χ4n) is 1.80. The predicted molar refractivity (Wildman–Crippen MR) is 79.2 cm³/mol. The average molecular weight is 311 g/mol. The van der Waals surface area contributed by atoms with Crippen molar-refractivity contribution in [1.29, 1.82) is 0 Å². The molecule has 0 saturated carbocycles. The van der Waals surface area contributed by atoms with Gasteiger partial charge in [-0.2, -0.15) is 0 Å². The van der Waals surface area contributed by atoms with Gasteiger partial charge in [-0.25, -0.2) is 0 Å². The van der Waals surface area contributed by atoms with E-state index in [1.807, 2.05) is 0 Å². The molecule has 20 heavy (non-hydrogen) atoms. The van der Waals surface area contributed by atoms with Gasteiger partial charge < -0.3 is 9.84 Å². The Bertz CT molecular complexity index is 639. The Balaban J connectivity index is 2.53. The van der Waals surface area contributed by atoms with Crippen LogP contribution in [0.2, 0.25) is 10.0 Å². The second kappa shape index (κ2) is 6.16. The molecule has 1 N–H and O–H groups in total. The summed E-state index contributed by atoms with van der Waals surface area (Å²) in [4.78, 5) is 12.4. The van der Waals surface area contributed by atoms with E-state index in [1.54, 1.807) is 37.3 Å². The molecule has 5 heteroatoms. The van der Waals surface area contributed by atoms with Crippen molar-refractivity contribution < 1.29 is 14.6 Å². The van der Waals surface area contributed by atoms with Crippen molar-refractivity contribution in [2.24, 2.45) is 0 Å². The first-order valence-corrected chi connectivity index (χ1v) is 6.75. The minimum absolute atomic E-state index is 0.0180. The zero-order valence-corrected chi connectivity index (χ0v) is 12.2. The molecule has 0 aromatic heterocycles. The normalized spacial score (nSPS) is 10.3. The number of halogens is 2. The minimum Gasteiger partial charge on any atom is -0.505 e. The number of hydrogen-bond acceptors (Lipinski definition) is 3. The maximum absolute atomic E-state index is 12.4. The predicted octanol–water partition coefficient (Wildman–Crippen LogP) is 4.33. The second-order valence-electron chi connectivity index (χ2n) is 4.02. The molecule has 2 aromatic rings. The van der Waals surface area contributed by atoms with E-state index >= 15 is 0 Å². The monoisotopic (exact) mass is 310 g/mol. The standard InChI is InChI=1S/C15H12Cl2O3/c1-2-20-11-8-10(16)12(15(19)13(11)17)14(18)9-6-4-3-5-7-9/h3-8,19H,2H2,1H3. The third-order valence-corrected chi connectivity index (χ3v) is 3.38. The highest BCUT2D eigenvalue weighted by atomic mass is 35.5. The highest BCUT2D eigenvalue weighted by Crippen LogP contribution is 2.41. The molecule has 0 atom stereocenters. The third kappa shape index (κ3) is 2.74. The van der Waals surface area contributed by atoms with Crippen LogP contribution < -0.4 is 4.74 Å². The number of ether oxygens (including phenoxy) is 1. The van der Waals surface area contributed by atoms with Gasteiger partial charge in [-0.1, -0.05) is 53.5 Å². The fourth-order valence-corrected chi connectivity index (χ4v) is 2.28. The van der Waals surface area contributed by atoms with Crippen LogP contribution in [0.15, 0.2) is 36.4 Å². The molecule has 0 bridgehead atoms. The summed E-state index contributed by atoms with van der Waals surface area (Å²) in [5.41, 5.74) is 0.399. The Kier molecular flexibility index (Phi) is 4.53. The largest absolute Gasteiger partial charge is 0.505 e. The highest BCUT2D eigenvalue weighted by molar-refractivity contribution is 6.39. The van der Waals surface area contributed by atoms with Gasteiger partial charge in [-0.05, 0) is 6.92 Å². The lowest BCUT2D eigenvalue weighted by molar-refractivity contribution is 0.103. The van der Waals surface area contributed by atoms with Crippen molar-refractivity contribution in [3.8, 4) is 11.5 Å². The molecule has 3 nitrogen and oxygen atoms in total. The van der Waals surface area contributed by atoms with Gasteiger partial charge in [0.05, 0.1) is 17.2 Å². The molecule has 0 aliphatic carbocycles. The van der Waals surface area contributed by atoms with E-state index in [0.29, 0.717) is 12.2 Å². The number of aromatic hydroxyl groups is 1.